The third kappa shape index (κ3) is 7.88. The average molecular weight is 535 g/mol. The monoisotopic (exact) mass is 534 g/mol. The van der Waals surface area contributed by atoms with Gasteiger partial charge in [0.1, 0.15) is 22.9 Å². The summed E-state index contributed by atoms with van der Waals surface area (Å²) in [7, 11) is 3.18. The van der Waals surface area contributed by atoms with Crippen molar-refractivity contribution in [3.63, 3.8) is 0 Å². The molecule has 0 radical (unpaired) electrons. The summed E-state index contributed by atoms with van der Waals surface area (Å²) in [5.41, 5.74) is 9.20. The number of hydrogen-bond donors (Lipinski definition) is 2. The molecule has 4 rings (SSSR count). The summed E-state index contributed by atoms with van der Waals surface area (Å²) in [5.74, 6) is 0.835. The van der Waals surface area contributed by atoms with Gasteiger partial charge in [-0.15, -0.1) is 0 Å². The van der Waals surface area contributed by atoms with Crippen molar-refractivity contribution in [3.05, 3.63) is 131 Å². The number of hydrogen-bond acceptors (Lipinski definition) is 6. The van der Waals surface area contributed by atoms with Gasteiger partial charge < -0.3 is 9.47 Å². The topological polar surface area (TPSA) is 101 Å². The average Bonchev–Trinajstić information content (AvgIpc) is 3.00. The fourth-order valence-corrected chi connectivity index (χ4v) is 3.87. The van der Waals surface area contributed by atoms with Crippen LogP contribution in [0.4, 0.5) is 0 Å². The second kappa shape index (κ2) is 14.1. The van der Waals surface area contributed by atoms with Crippen LogP contribution in [0, 0.1) is 0 Å². The molecule has 0 saturated carbocycles. The summed E-state index contributed by atoms with van der Waals surface area (Å²) in [6.45, 7) is 0. The molecule has 4 aromatic carbocycles. The summed E-state index contributed by atoms with van der Waals surface area (Å²) in [6.07, 6.45) is 0.262. The van der Waals surface area contributed by atoms with E-state index >= 15 is 0 Å². The zero-order valence-electron chi connectivity index (χ0n) is 22.3. The Morgan fingerprint density at radius 2 is 0.900 bits per heavy atom. The normalized spacial score (nSPS) is 11.4. The number of amides is 2. The minimum Gasteiger partial charge on any atom is -0.497 e. The first kappa shape index (κ1) is 27.8. The van der Waals surface area contributed by atoms with Crippen molar-refractivity contribution in [1.29, 1.82) is 0 Å². The Hall–Kier alpha value is -5.24. The van der Waals surface area contributed by atoms with Gasteiger partial charge in [-0.1, -0.05) is 84.9 Å². The number of carbonyl (C=O) groups is 2. The zero-order chi connectivity index (χ0) is 28.2. The number of rotatable bonds is 11. The molecule has 8 nitrogen and oxygen atoms in total. The maximum atomic E-state index is 12.8. The molecule has 0 heterocycles. The van der Waals surface area contributed by atoms with Crippen molar-refractivity contribution < 1.29 is 19.1 Å². The minimum absolute atomic E-state index is 0.131. The summed E-state index contributed by atoms with van der Waals surface area (Å²) in [6, 6.07) is 33.2. The van der Waals surface area contributed by atoms with E-state index in [4.69, 9.17) is 9.47 Å². The molecule has 2 N–H and O–H groups in total. The van der Waals surface area contributed by atoms with Crippen molar-refractivity contribution >= 4 is 23.2 Å². The number of benzene rings is 4. The second-order valence-corrected chi connectivity index (χ2v) is 8.77. The lowest BCUT2D eigenvalue weighted by Crippen LogP contribution is -2.29. The summed E-state index contributed by atoms with van der Waals surface area (Å²) >= 11 is 0. The molecule has 0 aliphatic carbocycles. The number of hydrazone groups is 2. The van der Waals surface area contributed by atoms with Gasteiger partial charge in [0, 0.05) is 11.1 Å². The lowest BCUT2D eigenvalue weighted by molar-refractivity contribution is -0.121. The number of carbonyl (C=O) groups excluding carboxylic acids is 2. The van der Waals surface area contributed by atoms with Gasteiger partial charge in [-0.3, -0.25) is 9.59 Å². The van der Waals surface area contributed by atoms with Gasteiger partial charge in [0.05, 0.1) is 27.1 Å². The van der Waals surface area contributed by atoms with E-state index in [2.05, 4.69) is 21.1 Å². The van der Waals surface area contributed by atoms with E-state index in [1.165, 1.54) is 0 Å². The molecule has 0 saturated heterocycles. The number of methoxy groups -OCH3 is 2. The van der Waals surface area contributed by atoms with Gasteiger partial charge in [0.2, 0.25) is 11.8 Å². The highest BCUT2D eigenvalue weighted by molar-refractivity contribution is 6.53. The number of nitrogens with zero attached hydrogens (tertiary/aromatic N) is 2. The fourth-order valence-electron chi connectivity index (χ4n) is 3.87. The molecule has 8 heteroatoms. The Kier molecular flexibility index (Phi) is 9.77. The van der Waals surface area contributed by atoms with E-state index in [0.717, 1.165) is 22.3 Å². The van der Waals surface area contributed by atoms with E-state index in [9.17, 15) is 9.59 Å². The smallest absolute Gasteiger partial charge is 0.244 e. The molecule has 40 heavy (non-hydrogen) atoms. The molecule has 2 amide bonds. The van der Waals surface area contributed by atoms with Crippen LogP contribution in [0.15, 0.2) is 119 Å². The highest BCUT2D eigenvalue weighted by atomic mass is 16.5. The molecule has 0 aliphatic rings. The van der Waals surface area contributed by atoms with Crippen LogP contribution in [0.25, 0.3) is 0 Å². The van der Waals surface area contributed by atoms with Crippen molar-refractivity contribution in [1.82, 2.24) is 10.9 Å². The maximum absolute atomic E-state index is 12.8. The van der Waals surface area contributed by atoms with E-state index in [1.807, 2.05) is 84.9 Å². The second-order valence-electron chi connectivity index (χ2n) is 8.77. The van der Waals surface area contributed by atoms with Gasteiger partial charge in [-0.05, 0) is 35.4 Å². The van der Waals surface area contributed by atoms with Crippen LogP contribution < -0.4 is 20.3 Å². The van der Waals surface area contributed by atoms with Crippen molar-refractivity contribution in [2.75, 3.05) is 14.2 Å². The third-order valence-corrected chi connectivity index (χ3v) is 5.95. The van der Waals surface area contributed by atoms with E-state index in [1.54, 1.807) is 38.5 Å². The molecule has 0 bridgehead atoms. The largest absolute Gasteiger partial charge is 0.497 e. The standard InChI is InChI=1S/C32H30N4O4/c1-39-27-17-13-23(14-18-27)21-29(37)33-35-31(25-9-5-3-6-10-25)32(26-11-7-4-8-12-26)36-34-30(38)22-24-15-19-28(40-2)20-16-24/h3-20H,21-22H2,1-2H3,(H,33,37)(H,34,38)/b35-31+,36-32+. The Morgan fingerprint density at radius 1 is 0.550 bits per heavy atom. The Balaban J connectivity index is 1.60. The number of nitrogens with one attached hydrogen (secondary N) is 2. The van der Waals surface area contributed by atoms with Crippen molar-refractivity contribution in [3.8, 4) is 11.5 Å². The SMILES string of the molecule is COc1ccc(CC(=O)N/N=C(/C(=N/NC(=O)Cc2ccc(OC)cc2)c2ccccc2)c2ccccc2)cc1. The Morgan fingerprint density at radius 3 is 1.23 bits per heavy atom. The molecule has 0 unspecified atom stereocenters. The first-order chi connectivity index (χ1) is 19.6. The third-order valence-electron chi connectivity index (χ3n) is 5.95. The van der Waals surface area contributed by atoms with Crippen LogP contribution in [0.2, 0.25) is 0 Å². The maximum Gasteiger partial charge on any atom is 0.244 e. The molecule has 0 fully saturated rings. The highest BCUT2D eigenvalue weighted by Gasteiger charge is 2.17. The zero-order valence-corrected chi connectivity index (χ0v) is 22.3. The van der Waals surface area contributed by atoms with Gasteiger partial charge >= 0.3 is 0 Å². The van der Waals surface area contributed by atoms with Crippen LogP contribution in [-0.2, 0) is 22.4 Å². The molecule has 0 atom stereocenters. The highest BCUT2D eigenvalue weighted by Crippen LogP contribution is 2.14. The first-order valence-corrected chi connectivity index (χ1v) is 12.7. The summed E-state index contributed by atoms with van der Waals surface area (Å²) < 4.78 is 10.4. The van der Waals surface area contributed by atoms with Crippen molar-refractivity contribution in [2.45, 2.75) is 12.8 Å². The summed E-state index contributed by atoms with van der Waals surface area (Å²) in [5, 5.41) is 8.96. The molecule has 0 aliphatic heterocycles. The quantitative estimate of drug-likeness (QED) is 0.218. The van der Waals surface area contributed by atoms with Crippen LogP contribution in [-0.4, -0.2) is 37.5 Å². The number of ether oxygens (including phenoxy) is 2. The predicted octanol–water partition coefficient (Wildman–Crippen LogP) is 4.53. The Labute approximate surface area is 233 Å². The predicted molar refractivity (Wildman–Crippen MR) is 156 cm³/mol. The molecule has 4 aromatic rings. The van der Waals surface area contributed by atoms with E-state index in [0.29, 0.717) is 22.9 Å². The molecular weight excluding hydrogens is 504 g/mol. The van der Waals surface area contributed by atoms with Crippen LogP contribution in [0.3, 0.4) is 0 Å². The lowest BCUT2D eigenvalue weighted by Gasteiger charge is -2.12. The van der Waals surface area contributed by atoms with Gasteiger partial charge in [0.25, 0.3) is 0 Å². The van der Waals surface area contributed by atoms with Crippen LogP contribution in [0.5, 0.6) is 11.5 Å². The van der Waals surface area contributed by atoms with Crippen LogP contribution >= 0.6 is 0 Å². The fraction of sp³-hybridized carbons (Fsp3) is 0.125. The minimum atomic E-state index is -0.297. The van der Waals surface area contributed by atoms with Gasteiger partial charge in [-0.25, -0.2) is 10.9 Å². The Bertz CT molecular complexity index is 1350. The van der Waals surface area contributed by atoms with Crippen molar-refractivity contribution in [2.24, 2.45) is 10.2 Å². The van der Waals surface area contributed by atoms with E-state index in [-0.39, 0.29) is 24.7 Å². The summed E-state index contributed by atoms with van der Waals surface area (Å²) in [4.78, 5) is 25.6. The van der Waals surface area contributed by atoms with Gasteiger partial charge in [-0.2, -0.15) is 10.2 Å². The van der Waals surface area contributed by atoms with Gasteiger partial charge in [0.15, 0.2) is 0 Å². The van der Waals surface area contributed by atoms with Crippen LogP contribution in [0.1, 0.15) is 22.3 Å². The lowest BCUT2D eigenvalue weighted by atomic mass is 10.00. The molecule has 0 spiro atoms. The molecule has 0 aromatic heterocycles. The molecule has 202 valence electrons. The molecular formula is C32H30N4O4. The first-order valence-electron chi connectivity index (χ1n) is 12.7. The van der Waals surface area contributed by atoms with E-state index < -0.39 is 0 Å².